The lowest BCUT2D eigenvalue weighted by molar-refractivity contribution is -0.119. The van der Waals surface area contributed by atoms with Crippen LogP contribution >= 0.6 is 22.9 Å². The lowest BCUT2D eigenvalue weighted by Gasteiger charge is -2.03. The van der Waals surface area contributed by atoms with Crippen molar-refractivity contribution < 1.29 is 4.79 Å². The van der Waals surface area contributed by atoms with E-state index in [1.54, 1.807) is 0 Å². The molecule has 1 heterocycles. The van der Waals surface area contributed by atoms with E-state index in [2.05, 4.69) is 10.3 Å². The van der Waals surface area contributed by atoms with E-state index in [0.717, 1.165) is 0 Å². The van der Waals surface area contributed by atoms with Gasteiger partial charge in [-0.1, -0.05) is 22.9 Å². The fourth-order valence-electron chi connectivity index (χ4n) is 1.04. The average Bonchev–Trinajstić information content (AvgIpc) is 2.87. The maximum atomic E-state index is 11.5. The Morgan fingerprint density at radius 3 is 2.93 bits per heavy atom. The molecule has 1 aliphatic rings. The Morgan fingerprint density at radius 1 is 1.79 bits per heavy atom. The van der Waals surface area contributed by atoms with Gasteiger partial charge in [-0.05, 0) is 12.8 Å². The van der Waals surface area contributed by atoms with E-state index >= 15 is 0 Å². The number of amides is 1. The second-order valence-corrected chi connectivity index (χ2v) is 4.78. The molecule has 1 fully saturated rings. The van der Waals surface area contributed by atoms with Gasteiger partial charge in [0.1, 0.15) is 9.75 Å². The van der Waals surface area contributed by atoms with E-state index in [4.69, 9.17) is 16.9 Å². The summed E-state index contributed by atoms with van der Waals surface area (Å²) in [6, 6.07) is 2.01. The predicted molar refractivity (Wildman–Crippen MR) is 53.0 cm³/mol. The summed E-state index contributed by atoms with van der Waals surface area (Å²) in [6.07, 6.45) is 2.73. The number of thiazole rings is 1. The molecule has 0 radical (unpaired) electrons. The molecule has 0 aromatic carbocycles. The third-order valence-electron chi connectivity index (χ3n) is 2.10. The number of rotatable bonds is 2. The minimum atomic E-state index is -0.807. The highest BCUT2D eigenvalue weighted by atomic mass is 35.5. The van der Waals surface area contributed by atoms with Crippen molar-refractivity contribution in [2.75, 3.05) is 5.32 Å². The number of aromatic nitrogens is 1. The number of carbonyl (C=O) groups excluding carboxylic acids is 1. The first-order valence-electron chi connectivity index (χ1n) is 4.00. The molecule has 1 aromatic heterocycles. The number of halogens is 1. The van der Waals surface area contributed by atoms with Crippen molar-refractivity contribution in [3.8, 4) is 6.07 Å². The maximum absolute atomic E-state index is 11.5. The Morgan fingerprint density at radius 2 is 2.50 bits per heavy atom. The summed E-state index contributed by atoms with van der Waals surface area (Å²) < 4.78 is 0.516. The van der Waals surface area contributed by atoms with E-state index in [-0.39, 0.29) is 5.91 Å². The van der Waals surface area contributed by atoms with Gasteiger partial charge in [0.25, 0.3) is 0 Å². The van der Waals surface area contributed by atoms with Crippen molar-refractivity contribution in [2.45, 2.75) is 12.8 Å². The summed E-state index contributed by atoms with van der Waals surface area (Å²) >= 11 is 6.83. The van der Waals surface area contributed by atoms with Gasteiger partial charge in [0.15, 0.2) is 5.13 Å². The Labute approximate surface area is 89.5 Å². The van der Waals surface area contributed by atoms with Gasteiger partial charge in [0, 0.05) is 0 Å². The SMILES string of the molecule is N#CC1(C(=O)Nc2ncc(Cl)s2)CC1. The van der Waals surface area contributed by atoms with Crippen molar-refractivity contribution in [1.29, 1.82) is 5.26 Å². The first-order valence-corrected chi connectivity index (χ1v) is 5.20. The van der Waals surface area contributed by atoms with E-state index in [0.29, 0.717) is 22.3 Å². The average molecular weight is 228 g/mol. The van der Waals surface area contributed by atoms with Gasteiger partial charge in [0.2, 0.25) is 5.91 Å². The Hall–Kier alpha value is -1.12. The molecule has 1 amide bonds. The molecule has 14 heavy (non-hydrogen) atoms. The Balaban J connectivity index is 2.06. The van der Waals surface area contributed by atoms with E-state index in [9.17, 15) is 4.79 Å². The minimum Gasteiger partial charge on any atom is -0.301 e. The molecule has 1 saturated carbocycles. The van der Waals surface area contributed by atoms with Crippen LogP contribution in [0.4, 0.5) is 5.13 Å². The summed E-state index contributed by atoms with van der Waals surface area (Å²) in [5, 5.41) is 11.8. The number of nitrogens with zero attached hydrogens (tertiary/aromatic N) is 2. The van der Waals surface area contributed by atoms with E-state index < -0.39 is 5.41 Å². The van der Waals surface area contributed by atoms with Crippen molar-refractivity contribution in [2.24, 2.45) is 5.41 Å². The highest BCUT2D eigenvalue weighted by molar-refractivity contribution is 7.19. The molecule has 1 aromatic rings. The van der Waals surface area contributed by atoms with Crippen LogP contribution < -0.4 is 5.32 Å². The quantitative estimate of drug-likeness (QED) is 0.841. The molecule has 0 aliphatic heterocycles. The summed E-state index contributed by atoms with van der Waals surface area (Å²) in [5.74, 6) is -0.272. The molecule has 0 atom stereocenters. The van der Waals surface area contributed by atoms with Crippen LogP contribution in [0.1, 0.15) is 12.8 Å². The molecule has 0 spiro atoms. The van der Waals surface area contributed by atoms with Crippen molar-refractivity contribution in [1.82, 2.24) is 4.98 Å². The number of nitriles is 1. The van der Waals surface area contributed by atoms with Gasteiger partial charge in [0.05, 0.1) is 12.3 Å². The molecule has 0 bridgehead atoms. The molecule has 1 aliphatic carbocycles. The number of carbonyl (C=O) groups is 1. The number of anilines is 1. The molecule has 1 N–H and O–H groups in total. The minimum absolute atomic E-state index is 0.272. The van der Waals surface area contributed by atoms with E-state index in [1.165, 1.54) is 17.5 Å². The van der Waals surface area contributed by atoms with E-state index in [1.807, 2.05) is 6.07 Å². The largest absolute Gasteiger partial charge is 0.301 e. The zero-order chi connectivity index (χ0) is 10.2. The first kappa shape index (κ1) is 9.44. The van der Waals surface area contributed by atoms with Gasteiger partial charge >= 0.3 is 0 Å². The first-order chi connectivity index (χ1) is 6.66. The van der Waals surface area contributed by atoms with Crippen LogP contribution in [-0.4, -0.2) is 10.9 Å². The van der Waals surface area contributed by atoms with Gasteiger partial charge in [-0.15, -0.1) is 0 Å². The molecular formula is C8H6ClN3OS. The van der Waals surface area contributed by atoms with Crippen LogP contribution in [0.25, 0.3) is 0 Å². The molecule has 72 valence electrons. The maximum Gasteiger partial charge on any atom is 0.246 e. The van der Waals surface area contributed by atoms with Gasteiger partial charge in [-0.3, -0.25) is 4.79 Å². The van der Waals surface area contributed by atoms with Crippen LogP contribution in [-0.2, 0) is 4.79 Å². The fraction of sp³-hybridized carbons (Fsp3) is 0.375. The van der Waals surface area contributed by atoms with Crippen molar-refractivity contribution >= 4 is 34.0 Å². The lowest BCUT2D eigenvalue weighted by Crippen LogP contribution is -2.22. The summed E-state index contributed by atoms with van der Waals surface area (Å²) in [4.78, 5) is 15.4. The van der Waals surface area contributed by atoms with Crippen LogP contribution in [0, 0.1) is 16.7 Å². The standard InChI is InChI=1S/C8H6ClN3OS/c9-5-3-11-7(14-5)12-6(13)8(4-10)1-2-8/h3H,1-2H2,(H,11,12,13). The van der Waals surface area contributed by atoms with Gasteiger partial charge in [-0.2, -0.15) is 5.26 Å². The smallest absolute Gasteiger partial charge is 0.246 e. The summed E-state index contributed by atoms with van der Waals surface area (Å²) in [5.41, 5.74) is -0.807. The Kier molecular flexibility index (Phi) is 2.17. The third-order valence-corrected chi connectivity index (χ3v) is 3.13. The second-order valence-electron chi connectivity index (χ2n) is 3.12. The van der Waals surface area contributed by atoms with Crippen molar-refractivity contribution in [3.63, 3.8) is 0 Å². The van der Waals surface area contributed by atoms with Crippen LogP contribution in [0.5, 0.6) is 0 Å². The second kappa shape index (κ2) is 3.23. The fourth-order valence-corrected chi connectivity index (χ4v) is 1.85. The highest BCUT2D eigenvalue weighted by Gasteiger charge is 2.50. The predicted octanol–water partition coefficient (Wildman–Crippen LogP) is 2.04. The highest BCUT2D eigenvalue weighted by Crippen LogP contribution is 2.45. The Bertz CT molecular complexity index is 418. The topological polar surface area (TPSA) is 65.8 Å². The lowest BCUT2D eigenvalue weighted by atomic mass is 10.1. The zero-order valence-electron chi connectivity index (χ0n) is 7.08. The third kappa shape index (κ3) is 1.59. The molecule has 6 heteroatoms. The normalized spacial score (nSPS) is 17.1. The van der Waals surface area contributed by atoms with Crippen LogP contribution in [0.3, 0.4) is 0 Å². The van der Waals surface area contributed by atoms with Gasteiger partial charge in [-0.25, -0.2) is 4.98 Å². The number of hydrogen-bond donors (Lipinski definition) is 1. The molecular weight excluding hydrogens is 222 g/mol. The summed E-state index contributed by atoms with van der Waals surface area (Å²) in [7, 11) is 0. The van der Waals surface area contributed by atoms with Crippen LogP contribution in [0.15, 0.2) is 6.20 Å². The molecule has 0 saturated heterocycles. The van der Waals surface area contributed by atoms with Gasteiger partial charge < -0.3 is 5.32 Å². The summed E-state index contributed by atoms with van der Waals surface area (Å²) in [6.45, 7) is 0. The molecule has 2 rings (SSSR count). The number of hydrogen-bond acceptors (Lipinski definition) is 4. The number of nitrogens with one attached hydrogen (secondary N) is 1. The molecule has 0 unspecified atom stereocenters. The molecule has 4 nitrogen and oxygen atoms in total. The van der Waals surface area contributed by atoms with Crippen molar-refractivity contribution in [3.05, 3.63) is 10.5 Å². The monoisotopic (exact) mass is 227 g/mol. The van der Waals surface area contributed by atoms with Crippen LogP contribution in [0.2, 0.25) is 4.34 Å². The zero-order valence-corrected chi connectivity index (χ0v) is 8.65.